The lowest BCUT2D eigenvalue weighted by Crippen LogP contribution is -2.21. The minimum Gasteiger partial charge on any atom is -0.310 e. The highest BCUT2D eigenvalue weighted by Crippen LogP contribution is 2.13. The predicted molar refractivity (Wildman–Crippen MR) is 72.2 cm³/mol. The van der Waals surface area contributed by atoms with Crippen LogP contribution in [0.5, 0.6) is 0 Å². The van der Waals surface area contributed by atoms with E-state index in [0.29, 0.717) is 5.56 Å². The number of benzene rings is 1. The maximum Gasteiger partial charge on any atom is 0.0991 e. The van der Waals surface area contributed by atoms with Crippen molar-refractivity contribution in [3.63, 3.8) is 0 Å². The first-order valence-corrected chi connectivity index (χ1v) is 6.37. The SMILES string of the molecule is CC(NCCCn1ccnn1)c1cccc(C#N)c1. The van der Waals surface area contributed by atoms with E-state index in [4.69, 9.17) is 5.26 Å². The number of nitriles is 1. The van der Waals surface area contributed by atoms with Gasteiger partial charge in [-0.3, -0.25) is 4.68 Å². The molecule has 0 saturated heterocycles. The molecule has 0 fully saturated rings. The van der Waals surface area contributed by atoms with E-state index in [9.17, 15) is 0 Å². The topological polar surface area (TPSA) is 66.5 Å². The van der Waals surface area contributed by atoms with Crippen LogP contribution in [-0.4, -0.2) is 21.5 Å². The van der Waals surface area contributed by atoms with E-state index in [-0.39, 0.29) is 6.04 Å². The van der Waals surface area contributed by atoms with E-state index in [0.717, 1.165) is 25.1 Å². The van der Waals surface area contributed by atoms with Gasteiger partial charge in [-0.2, -0.15) is 5.26 Å². The monoisotopic (exact) mass is 255 g/mol. The first kappa shape index (κ1) is 13.2. The maximum absolute atomic E-state index is 8.88. The van der Waals surface area contributed by atoms with Crippen molar-refractivity contribution in [1.29, 1.82) is 5.26 Å². The summed E-state index contributed by atoms with van der Waals surface area (Å²) in [6, 6.07) is 10.1. The minimum atomic E-state index is 0.240. The standard InChI is InChI=1S/C14H17N5/c1-12(14-5-2-4-13(10-14)11-15)16-6-3-8-19-9-7-17-18-19/h2,4-5,7,9-10,12,16H,3,6,8H2,1H3. The van der Waals surface area contributed by atoms with Gasteiger partial charge in [-0.1, -0.05) is 17.3 Å². The van der Waals surface area contributed by atoms with Crippen molar-refractivity contribution in [2.24, 2.45) is 0 Å². The van der Waals surface area contributed by atoms with Gasteiger partial charge in [0.15, 0.2) is 0 Å². The van der Waals surface area contributed by atoms with Crippen LogP contribution in [0.4, 0.5) is 0 Å². The molecule has 0 amide bonds. The van der Waals surface area contributed by atoms with Crippen molar-refractivity contribution in [2.75, 3.05) is 6.54 Å². The highest BCUT2D eigenvalue weighted by atomic mass is 15.4. The third-order valence-electron chi connectivity index (χ3n) is 3.00. The molecule has 5 heteroatoms. The molecule has 1 aromatic carbocycles. The fraction of sp³-hybridized carbons (Fsp3) is 0.357. The number of nitrogens with one attached hydrogen (secondary N) is 1. The summed E-state index contributed by atoms with van der Waals surface area (Å²) in [6.45, 7) is 3.86. The van der Waals surface area contributed by atoms with E-state index in [1.54, 1.807) is 6.20 Å². The van der Waals surface area contributed by atoms with Crippen molar-refractivity contribution < 1.29 is 0 Å². The number of aromatic nitrogens is 3. The molecule has 2 aromatic rings. The molecule has 1 N–H and O–H groups in total. The Balaban J connectivity index is 1.77. The van der Waals surface area contributed by atoms with Gasteiger partial charge in [0.1, 0.15) is 0 Å². The quantitative estimate of drug-likeness (QED) is 0.800. The van der Waals surface area contributed by atoms with Crippen LogP contribution in [0, 0.1) is 11.3 Å². The summed E-state index contributed by atoms with van der Waals surface area (Å²) in [7, 11) is 0. The number of hydrogen-bond donors (Lipinski definition) is 1. The summed E-state index contributed by atoms with van der Waals surface area (Å²) in [6.07, 6.45) is 4.54. The molecule has 1 unspecified atom stereocenters. The van der Waals surface area contributed by atoms with Gasteiger partial charge in [-0.25, -0.2) is 0 Å². The summed E-state index contributed by atoms with van der Waals surface area (Å²) in [4.78, 5) is 0. The third kappa shape index (κ3) is 3.90. The molecule has 2 rings (SSSR count). The molecule has 0 spiro atoms. The van der Waals surface area contributed by atoms with E-state index in [2.05, 4.69) is 28.6 Å². The van der Waals surface area contributed by atoms with Crippen molar-refractivity contribution in [2.45, 2.75) is 25.9 Å². The van der Waals surface area contributed by atoms with Gasteiger partial charge in [0, 0.05) is 18.8 Å². The largest absolute Gasteiger partial charge is 0.310 e. The van der Waals surface area contributed by atoms with Gasteiger partial charge in [0.25, 0.3) is 0 Å². The van der Waals surface area contributed by atoms with Gasteiger partial charge in [0.05, 0.1) is 17.8 Å². The number of aryl methyl sites for hydroxylation is 1. The molecule has 1 aromatic heterocycles. The van der Waals surface area contributed by atoms with Crippen LogP contribution in [-0.2, 0) is 6.54 Å². The minimum absolute atomic E-state index is 0.240. The van der Waals surface area contributed by atoms with Crippen LogP contribution < -0.4 is 5.32 Å². The van der Waals surface area contributed by atoms with E-state index in [1.165, 1.54) is 0 Å². The van der Waals surface area contributed by atoms with Crippen LogP contribution in [0.25, 0.3) is 0 Å². The van der Waals surface area contributed by atoms with Crippen LogP contribution in [0.1, 0.15) is 30.5 Å². The molecule has 0 aliphatic carbocycles. The molecular weight excluding hydrogens is 238 g/mol. The van der Waals surface area contributed by atoms with Crippen molar-refractivity contribution >= 4 is 0 Å². The van der Waals surface area contributed by atoms with E-state index < -0.39 is 0 Å². The van der Waals surface area contributed by atoms with Crippen LogP contribution in [0.15, 0.2) is 36.7 Å². The molecule has 98 valence electrons. The Kier molecular flexibility index (Phi) is 4.65. The predicted octanol–water partition coefficient (Wildman–Crippen LogP) is 1.89. The van der Waals surface area contributed by atoms with Gasteiger partial charge >= 0.3 is 0 Å². The molecule has 0 saturated carbocycles. The summed E-state index contributed by atoms with van der Waals surface area (Å²) in [5, 5.41) is 20.0. The number of rotatable bonds is 6. The fourth-order valence-corrected chi connectivity index (χ4v) is 1.91. The Labute approximate surface area is 112 Å². The van der Waals surface area contributed by atoms with Gasteiger partial charge in [0.2, 0.25) is 0 Å². The van der Waals surface area contributed by atoms with Gasteiger partial charge in [-0.05, 0) is 37.6 Å². The Morgan fingerprint density at radius 3 is 3.11 bits per heavy atom. The molecular formula is C14H17N5. The zero-order valence-electron chi connectivity index (χ0n) is 11.0. The van der Waals surface area contributed by atoms with Crippen molar-refractivity contribution in [3.05, 3.63) is 47.8 Å². The molecule has 0 bridgehead atoms. The highest BCUT2D eigenvalue weighted by molar-refractivity contribution is 5.33. The number of hydrogen-bond acceptors (Lipinski definition) is 4. The zero-order chi connectivity index (χ0) is 13.5. The Bertz CT molecular complexity index is 541. The average Bonchev–Trinajstić information content (AvgIpc) is 2.96. The second-order valence-electron chi connectivity index (χ2n) is 4.43. The second-order valence-corrected chi connectivity index (χ2v) is 4.43. The lowest BCUT2D eigenvalue weighted by atomic mass is 10.1. The lowest BCUT2D eigenvalue weighted by Gasteiger charge is -2.14. The normalized spacial score (nSPS) is 12.0. The molecule has 0 aliphatic rings. The Hall–Kier alpha value is -2.19. The first-order valence-electron chi connectivity index (χ1n) is 6.37. The molecule has 5 nitrogen and oxygen atoms in total. The third-order valence-corrected chi connectivity index (χ3v) is 3.00. The van der Waals surface area contributed by atoms with Crippen LogP contribution in [0.2, 0.25) is 0 Å². The number of nitrogens with zero attached hydrogens (tertiary/aromatic N) is 4. The first-order chi connectivity index (χ1) is 9.29. The maximum atomic E-state index is 8.88. The Morgan fingerprint density at radius 1 is 1.47 bits per heavy atom. The summed E-state index contributed by atoms with van der Waals surface area (Å²) < 4.78 is 1.82. The van der Waals surface area contributed by atoms with Crippen molar-refractivity contribution in [3.8, 4) is 6.07 Å². The van der Waals surface area contributed by atoms with Gasteiger partial charge in [-0.15, -0.1) is 5.10 Å². The fourth-order valence-electron chi connectivity index (χ4n) is 1.91. The van der Waals surface area contributed by atoms with Crippen LogP contribution in [0.3, 0.4) is 0 Å². The average molecular weight is 255 g/mol. The summed E-state index contributed by atoms with van der Waals surface area (Å²) in [5.41, 5.74) is 1.84. The second kappa shape index (κ2) is 6.66. The molecule has 0 aliphatic heterocycles. The van der Waals surface area contributed by atoms with Gasteiger partial charge < -0.3 is 5.32 Å². The van der Waals surface area contributed by atoms with Crippen molar-refractivity contribution in [1.82, 2.24) is 20.3 Å². The molecule has 1 atom stereocenters. The highest BCUT2D eigenvalue weighted by Gasteiger charge is 2.04. The lowest BCUT2D eigenvalue weighted by molar-refractivity contribution is 0.499. The molecule has 1 heterocycles. The smallest absolute Gasteiger partial charge is 0.0991 e. The zero-order valence-corrected chi connectivity index (χ0v) is 11.0. The van der Waals surface area contributed by atoms with E-state index in [1.807, 2.05) is 35.1 Å². The Morgan fingerprint density at radius 2 is 2.37 bits per heavy atom. The summed E-state index contributed by atoms with van der Waals surface area (Å²) >= 11 is 0. The van der Waals surface area contributed by atoms with Crippen LogP contribution >= 0.6 is 0 Å². The molecule has 0 radical (unpaired) electrons. The van der Waals surface area contributed by atoms with E-state index >= 15 is 0 Å². The molecule has 19 heavy (non-hydrogen) atoms. The summed E-state index contributed by atoms with van der Waals surface area (Å²) in [5.74, 6) is 0.